The van der Waals surface area contributed by atoms with Crippen molar-refractivity contribution in [1.29, 1.82) is 0 Å². The van der Waals surface area contributed by atoms with Crippen LogP contribution in [-0.2, 0) is 6.42 Å². The van der Waals surface area contributed by atoms with Crippen LogP contribution in [0.4, 0.5) is 0 Å². The molecule has 23 heavy (non-hydrogen) atoms. The highest BCUT2D eigenvalue weighted by atomic mass is 79.9. The number of H-pyrrole nitrogens is 1. The number of benzene rings is 2. The summed E-state index contributed by atoms with van der Waals surface area (Å²) in [6.45, 7) is 0.719. The molecule has 0 saturated carbocycles. The Kier molecular flexibility index (Phi) is 5.47. The fourth-order valence-electron chi connectivity index (χ4n) is 2.87. The van der Waals surface area contributed by atoms with E-state index in [4.69, 9.17) is 17.3 Å². The Morgan fingerprint density at radius 3 is 2.57 bits per heavy atom. The van der Waals surface area contributed by atoms with Crippen molar-refractivity contribution in [1.82, 2.24) is 4.98 Å². The van der Waals surface area contributed by atoms with E-state index in [2.05, 4.69) is 55.0 Å². The van der Waals surface area contributed by atoms with Crippen molar-refractivity contribution in [3.63, 3.8) is 0 Å². The lowest BCUT2D eigenvalue weighted by atomic mass is 10.0. The number of nitrogens with two attached hydrogens (primary N) is 1. The molecule has 0 amide bonds. The first-order valence-electron chi connectivity index (χ1n) is 7.56. The van der Waals surface area contributed by atoms with Gasteiger partial charge in [-0.1, -0.05) is 45.7 Å². The van der Waals surface area contributed by atoms with Crippen molar-refractivity contribution < 1.29 is 0 Å². The van der Waals surface area contributed by atoms with E-state index in [1.54, 1.807) is 0 Å². The molecule has 0 saturated heterocycles. The number of fused-ring (bicyclic) bond motifs is 1. The van der Waals surface area contributed by atoms with E-state index in [0.29, 0.717) is 0 Å². The van der Waals surface area contributed by atoms with E-state index in [9.17, 15) is 0 Å². The minimum atomic E-state index is 0.719. The summed E-state index contributed by atoms with van der Waals surface area (Å²) in [5, 5.41) is 1.91. The van der Waals surface area contributed by atoms with Crippen molar-refractivity contribution in [3.05, 3.63) is 55.9 Å². The molecule has 0 spiro atoms. The zero-order valence-electron chi connectivity index (χ0n) is 12.5. The molecule has 2 aromatic carbocycles. The second-order valence-corrected chi connectivity index (χ2v) is 7.66. The van der Waals surface area contributed by atoms with E-state index < -0.39 is 0 Å². The van der Waals surface area contributed by atoms with Gasteiger partial charge >= 0.3 is 0 Å². The van der Waals surface area contributed by atoms with Crippen LogP contribution in [0.2, 0.25) is 5.02 Å². The number of aromatic nitrogens is 1. The van der Waals surface area contributed by atoms with Gasteiger partial charge in [-0.2, -0.15) is 0 Å². The molecule has 3 rings (SSSR count). The Hall–Kier alpha value is -0.810. The van der Waals surface area contributed by atoms with Gasteiger partial charge in [0.15, 0.2) is 0 Å². The molecule has 1 aromatic heterocycles. The normalized spacial score (nSPS) is 11.3. The maximum absolute atomic E-state index is 6.27. The summed E-state index contributed by atoms with van der Waals surface area (Å²) >= 11 is 13.6. The molecule has 120 valence electrons. The second-order valence-electron chi connectivity index (χ2n) is 5.51. The number of rotatable bonds is 5. The Bertz CT molecular complexity index is 842. The van der Waals surface area contributed by atoms with Gasteiger partial charge in [-0.05, 0) is 65.5 Å². The van der Waals surface area contributed by atoms with Crippen LogP contribution in [0.25, 0.3) is 22.2 Å². The summed E-state index contributed by atoms with van der Waals surface area (Å²) in [4.78, 5) is 3.58. The Morgan fingerprint density at radius 1 is 1.04 bits per heavy atom. The maximum atomic E-state index is 6.27. The third-order valence-corrected chi connectivity index (χ3v) is 5.49. The smallest absolute Gasteiger partial charge is 0.0607 e. The predicted molar refractivity (Wildman–Crippen MR) is 106 cm³/mol. The molecule has 0 bridgehead atoms. The van der Waals surface area contributed by atoms with Crippen molar-refractivity contribution >= 4 is 54.4 Å². The van der Waals surface area contributed by atoms with Gasteiger partial charge in [-0.15, -0.1) is 0 Å². The van der Waals surface area contributed by atoms with Gasteiger partial charge in [-0.25, -0.2) is 0 Å². The summed E-state index contributed by atoms with van der Waals surface area (Å²) in [7, 11) is 0. The number of aryl methyl sites for hydroxylation is 1. The number of hydrogen-bond acceptors (Lipinski definition) is 1. The third-order valence-electron chi connectivity index (χ3n) is 3.96. The summed E-state index contributed by atoms with van der Waals surface area (Å²) in [6, 6.07) is 12.2. The van der Waals surface area contributed by atoms with E-state index in [1.165, 1.54) is 10.9 Å². The van der Waals surface area contributed by atoms with Gasteiger partial charge in [0, 0.05) is 24.9 Å². The monoisotopic (exact) mass is 454 g/mol. The summed E-state index contributed by atoms with van der Waals surface area (Å²) in [5.74, 6) is 0. The van der Waals surface area contributed by atoms with Crippen LogP contribution >= 0.6 is 43.5 Å². The van der Waals surface area contributed by atoms with Gasteiger partial charge in [0.1, 0.15) is 0 Å². The van der Waals surface area contributed by atoms with Crippen LogP contribution in [0.3, 0.4) is 0 Å². The standard InChI is InChI=1S/C18H17Br2ClN2/c19-15-7-2-1-6-13(15)17-12(5-3-4-8-22)14-9-11(21)10-16(20)18(14)23-17/h1-2,6-7,9-10,23H,3-5,8,22H2. The van der Waals surface area contributed by atoms with E-state index in [1.807, 2.05) is 18.2 Å². The summed E-state index contributed by atoms with van der Waals surface area (Å²) in [6.07, 6.45) is 3.05. The highest BCUT2D eigenvalue weighted by Crippen LogP contribution is 2.38. The maximum Gasteiger partial charge on any atom is 0.0607 e. The largest absolute Gasteiger partial charge is 0.353 e. The lowest BCUT2D eigenvalue weighted by Gasteiger charge is -2.07. The lowest BCUT2D eigenvalue weighted by molar-refractivity contribution is 0.748. The quantitative estimate of drug-likeness (QED) is 0.435. The Labute approximate surface area is 157 Å². The molecule has 0 aliphatic heterocycles. The molecule has 1 heterocycles. The van der Waals surface area contributed by atoms with E-state index in [-0.39, 0.29) is 0 Å². The third kappa shape index (κ3) is 3.50. The van der Waals surface area contributed by atoms with Gasteiger partial charge < -0.3 is 10.7 Å². The van der Waals surface area contributed by atoms with Gasteiger partial charge in [0.2, 0.25) is 0 Å². The molecule has 5 heteroatoms. The fraction of sp³-hybridized carbons (Fsp3) is 0.222. The zero-order valence-corrected chi connectivity index (χ0v) is 16.4. The molecule has 3 aromatic rings. The predicted octanol–water partition coefficient (Wildman–Crippen LogP) is 6.29. The molecule has 0 aliphatic carbocycles. The van der Waals surface area contributed by atoms with Crippen molar-refractivity contribution in [2.45, 2.75) is 19.3 Å². The number of hydrogen-bond donors (Lipinski definition) is 2. The highest BCUT2D eigenvalue weighted by molar-refractivity contribution is 9.11. The minimum Gasteiger partial charge on any atom is -0.353 e. The molecule has 0 aliphatic rings. The molecule has 0 radical (unpaired) electrons. The van der Waals surface area contributed by atoms with Crippen molar-refractivity contribution in [2.75, 3.05) is 6.54 Å². The van der Waals surface area contributed by atoms with Crippen LogP contribution in [0.15, 0.2) is 45.3 Å². The van der Waals surface area contributed by atoms with E-state index >= 15 is 0 Å². The first kappa shape index (κ1) is 17.0. The average Bonchev–Trinajstić information content (AvgIpc) is 2.87. The van der Waals surface area contributed by atoms with Gasteiger partial charge in [-0.3, -0.25) is 0 Å². The Morgan fingerprint density at radius 2 is 1.83 bits per heavy atom. The van der Waals surface area contributed by atoms with E-state index in [0.717, 1.165) is 56.5 Å². The number of aromatic amines is 1. The molecular formula is C18H17Br2ClN2. The van der Waals surface area contributed by atoms with Crippen LogP contribution in [0.5, 0.6) is 0 Å². The molecule has 0 atom stereocenters. The SMILES string of the molecule is NCCCCc1c(-c2ccccc2Br)[nH]c2c(Br)cc(Cl)cc12. The number of halogens is 3. The van der Waals surface area contributed by atoms with Crippen LogP contribution < -0.4 is 5.73 Å². The molecule has 0 fully saturated rings. The second kappa shape index (κ2) is 7.39. The number of unbranched alkanes of at least 4 members (excludes halogenated alkanes) is 1. The zero-order chi connectivity index (χ0) is 16.4. The highest BCUT2D eigenvalue weighted by Gasteiger charge is 2.17. The van der Waals surface area contributed by atoms with Gasteiger partial charge in [0.25, 0.3) is 0 Å². The fourth-order valence-corrected chi connectivity index (χ4v) is 4.27. The number of nitrogens with one attached hydrogen (secondary N) is 1. The summed E-state index contributed by atoms with van der Waals surface area (Å²) < 4.78 is 2.06. The molecule has 0 unspecified atom stereocenters. The molecule has 2 nitrogen and oxygen atoms in total. The Balaban J connectivity index is 2.21. The minimum absolute atomic E-state index is 0.719. The molecule has 3 N–H and O–H groups in total. The van der Waals surface area contributed by atoms with Crippen LogP contribution in [-0.4, -0.2) is 11.5 Å². The van der Waals surface area contributed by atoms with Crippen molar-refractivity contribution in [2.24, 2.45) is 5.73 Å². The summed E-state index contributed by atoms with van der Waals surface area (Å²) in [5.41, 5.74) is 10.3. The first-order valence-corrected chi connectivity index (χ1v) is 9.52. The van der Waals surface area contributed by atoms with Crippen LogP contribution in [0.1, 0.15) is 18.4 Å². The average molecular weight is 457 g/mol. The van der Waals surface area contributed by atoms with Crippen molar-refractivity contribution in [3.8, 4) is 11.3 Å². The van der Waals surface area contributed by atoms with Crippen LogP contribution in [0, 0.1) is 0 Å². The topological polar surface area (TPSA) is 41.8 Å². The lowest BCUT2D eigenvalue weighted by Crippen LogP contribution is -1.99. The first-order chi connectivity index (χ1) is 11.1. The van der Waals surface area contributed by atoms with Gasteiger partial charge in [0.05, 0.1) is 11.2 Å². The molecular weight excluding hydrogens is 439 g/mol.